The molecule has 0 atom stereocenters. The molecule has 2 N–H and O–H groups in total. The molecule has 0 fully saturated rings. The van der Waals surface area contributed by atoms with Crippen LogP contribution in [0.3, 0.4) is 0 Å². The summed E-state index contributed by atoms with van der Waals surface area (Å²) in [6, 6.07) is 9.63. The number of hydrogen-bond donors (Lipinski definition) is 0. The van der Waals surface area contributed by atoms with Crippen molar-refractivity contribution >= 4 is 13.3 Å². The molecule has 0 aliphatic carbocycles. The first-order valence-electron chi connectivity index (χ1n) is 3.74. The minimum atomic E-state index is 0. The van der Waals surface area contributed by atoms with E-state index in [0.29, 0.717) is 0 Å². The van der Waals surface area contributed by atoms with Crippen LogP contribution in [-0.4, -0.2) is 18.8 Å². The molecule has 2 aromatic rings. The van der Waals surface area contributed by atoms with Crippen molar-refractivity contribution < 1.29 is 15.4 Å². The van der Waals surface area contributed by atoms with Crippen LogP contribution in [0.5, 0.6) is 0 Å². The van der Waals surface area contributed by atoms with Gasteiger partial charge in [0, 0.05) is 0 Å². The van der Waals surface area contributed by atoms with Crippen LogP contribution in [0.15, 0.2) is 47.3 Å². The van der Waals surface area contributed by atoms with Gasteiger partial charge < -0.3 is 11.0 Å². The molecule has 0 amide bonds. The van der Waals surface area contributed by atoms with Crippen molar-refractivity contribution in [3.8, 4) is 11.1 Å². The fraction of sp³-hybridized carbons (Fsp3) is 0. The quantitative estimate of drug-likeness (QED) is 0.634. The van der Waals surface area contributed by atoms with Gasteiger partial charge in [-0.2, -0.15) is 0 Å². The minimum absolute atomic E-state index is 0. The summed E-state index contributed by atoms with van der Waals surface area (Å²) in [5.41, 5.74) is 2.92. The monoisotopic (exact) mass is 188 g/mol. The van der Waals surface area contributed by atoms with Crippen molar-refractivity contribution in [2.75, 3.05) is 0 Å². The van der Waals surface area contributed by atoms with E-state index in [4.69, 9.17) is 12.3 Å². The van der Waals surface area contributed by atoms with E-state index in [1.165, 1.54) is 0 Å². The van der Waals surface area contributed by atoms with Crippen LogP contribution in [0, 0.1) is 0 Å². The number of furan rings is 1. The third-order valence-electron chi connectivity index (χ3n) is 1.74. The van der Waals surface area contributed by atoms with Gasteiger partial charge in [-0.15, -0.1) is 0 Å². The summed E-state index contributed by atoms with van der Waals surface area (Å²) in [6.45, 7) is 0. The Morgan fingerprint density at radius 2 is 1.79 bits per heavy atom. The third-order valence-corrected chi connectivity index (χ3v) is 1.74. The number of rotatable bonds is 1. The van der Waals surface area contributed by atoms with Gasteiger partial charge in [-0.05, 0) is 0 Å². The Hall–Kier alpha value is -1.52. The average molecular weight is 188 g/mol. The molecule has 1 heterocycles. The van der Waals surface area contributed by atoms with Gasteiger partial charge in [0.05, 0.1) is 0 Å². The van der Waals surface area contributed by atoms with Crippen molar-refractivity contribution in [3.05, 3.63) is 42.9 Å². The topological polar surface area (TPSA) is 73.1 Å². The fourth-order valence-electron chi connectivity index (χ4n) is 1.15. The molecular formula is C10H9BO3. The van der Waals surface area contributed by atoms with E-state index in [1.807, 2.05) is 30.3 Å². The predicted molar refractivity (Wildman–Crippen MR) is 53.4 cm³/mol. The van der Waals surface area contributed by atoms with Crippen LogP contribution in [-0.2, 0) is 0 Å². The zero-order chi connectivity index (χ0) is 8.39. The molecule has 4 heteroatoms. The Morgan fingerprint density at radius 3 is 2.36 bits per heavy atom. The van der Waals surface area contributed by atoms with Crippen molar-refractivity contribution in [3.63, 3.8) is 0 Å². The van der Waals surface area contributed by atoms with Crippen molar-refractivity contribution in [1.29, 1.82) is 0 Å². The third kappa shape index (κ3) is 2.48. The summed E-state index contributed by atoms with van der Waals surface area (Å²) in [5.74, 6) is 0. The molecule has 2 rings (SSSR count). The van der Waals surface area contributed by atoms with Crippen LogP contribution < -0.4 is 5.46 Å². The van der Waals surface area contributed by atoms with Crippen LogP contribution >= 0.6 is 0 Å². The summed E-state index contributed by atoms with van der Waals surface area (Å²) >= 11 is 0. The molecule has 14 heavy (non-hydrogen) atoms. The van der Waals surface area contributed by atoms with Crippen LogP contribution in [0.1, 0.15) is 0 Å². The van der Waals surface area contributed by atoms with Crippen molar-refractivity contribution in [2.24, 2.45) is 0 Å². The summed E-state index contributed by atoms with van der Waals surface area (Å²) in [7, 11) is 5.63. The molecule has 3 nitrogen and oxygen atoms in total. The SMILES string of the molecule is [B+2]c1cccc(-c2ccoc2)c1.[OH-].[OH-]. The van der Waals surface area contributed by atoms with E-state index in [2.05, 4.69) is 0 Å². The van der Waals surface area contributed by atoms with E-state index < -0.39 is 0 Å². The minimum Gasteiger partial charge on any atom is -0.870 e. The average Bonchev–Trinajstić information content (AvgIpc) is 2.56. The first kappa shape index (κ1) is 12.5. The number of benzene rings is 1. The summed E-state index contributed by atoms with van der Waals surface area (Å²) in [6.07, 6.45) is 3.35. The first-order chi connectivity index (χ1) is 5.86. The Kier molecular flexibility index (Phi) is 4.70. The zero-order valence-electron chi connectivity index (χ0n) is 7.42. The van der Waals surface area contributed by atoms with Crippen LogP contribution in [0.4, 0.5) is 0 Å². The molecule has 1 aromatic carbocycles. The van der Waals surface area contributed by atoms with E-state index in [1.54, 1.807) is 12.5 Å². The molecule has 0 saturated carbocycles. The normalized spacial score (nSPS) is 8.71. The standard InChI is InChI=1S/C10H7BO.2H2O/c11-10-3-1-2-8(6-10)9-4-5-12-7-9;;/h1-7H;2*1H2/q+2;;/p-2. The molecule has 0 radical (unpaired) electrons. The maximum Gasteiger partial charge on any atom is -0.870 e. The maximum atomic E-state index is 5.63. The van der Waals surface area contributed by atoms with E-state index >= 15 is 0 Å². The maximum absolute atomic E-state index is 5.63. The molecule has 0 aliphatic rings. The Balaban J connectivity index is 0.000000845. The van der Waals surface area contributed by atoms with Gasteiger partial charge in [0.1, 0.15) is 0 Å². The van der Waals surface area contributed by atoms with E-state index in [9.17, 15) is 0 Å². The van der Waals surface area contributed by atoms with Gasteiger partial charge in [-0.1, -0.05) is 0 Å². The molecule has 0 unspecified atom stereocenters. The zero-order valence-corrected chi connectivity index (χ0v) is 7.42. The van der Waals surface area contributed by atoms with Crippen molar-refractivity contribution in [2.45, 2.75) is 0 Å². The van der Waals surface area contributed by atoms with Gasteiger partial charge in [0.15, 0.2) is 0 Å². The molecule has 70 valence electrons. The predicted octanol–water partition coefficient (Wildman–Crippen LogP) is 1.39. The summed E-state index contributed by atoms with van der Waals surface area (Å²) in [4.78, 5) is 0. The Labute approximate surface area is 83.4 Å². The second-order valence-electron chi connectivity index (χ2n) is 2.64. The second kappa shape index (κ2) is 5.27. The molecule has 1 aromatic heterocycles. The van der Waals surface area contributed by atoms with Gasteiger partial charge >= 0.3 is 71.7 Å². The van der Waals surface area contributed by atoms with Gasteiger partial charge in [0.2, 0.25) is 0 Å². The van der Waals surface area contributed by atoms with Crippen molar-refractivity contribution in [1.82, 2.24) is 0 Å². The van der Waals surface area contributed by atoms with Gasteiger partial charge in [-0.3, -0.25) is 0 Å². The largest absolute Gasteiger partial charge is 0.870 e. The van der Waals surface area contributed by atoms with Gasteiger partial charge in [0.25, 0.3) is 0 Å². The van der Waals surface area contributed by atoms with Crippen LogP contribution in [0.2, 0.25) is 0 Å². The van der Waals surface area contributed by atoms with E-state index in [0.717, 1.165) is 16.6 Å². The molecule has 0 saturated heterocycles. The Bertz CT molecular complexity index is 371. The van der Waals surface area contributed by atoms with Gasteiger partial charge in [-0.25, -0.2) is 0 Å². The van der Waals surface area contributed by atoms with Crippen LogP contribution in [0.25, 0.3) is 11.1 Å². The smallest absolute Gasteiger partial charge is 0.870 e. The molecule has 0 bridgehead atoms. The summed E-state index contributed by atoms with van der Waals surface area (Å²) in [5, 5.41) is 0. The molecule has 0 aliphatic heterocycles. The molecular weight excluding hydrogens is 179 g/mol. The second-order valence-corrected chi connectivity index (χ2v) is 2.64. The van der Waals surface area contributed by atoms with E-state index in [-0.39, 0.29) is 11.0 Å². The Morgan fingerprint density at radius 1 is 1.00 bits per heavy atom. The first-order valence-corrected chi connectivity index (χ1v) is 3.74. The fourth-order valence-corrected chi connectivity index (χ4v) is 1.15. The summed E-state index contributed by atoms with van der Waals surface area (Å²) < 4.78 is 4.97. The molecule has 0 spiro atoms. The number of hydrogen-bond acceptors (Lipinski definition) is 3.